The van der Waals surface area contributed by atoms with Gasteiger partial charge in [0.05, 0.1) is 6.26 Å². The maximum atomic E-state index is 11.5. The smallest absolute Gasteiger partial charge is 0.208 e. The van der Waals surface area contributed by atoms with E-state index in [-0.39, 0.29) is 6.04 Å². The summed E-state index contributed by atoms with van der Waals surface area (Å²) >= 11 is 6.06. The Hall–Kier alpha value is -2.22. The van der Waals surface area contributed by atoms with E-state index in [0.717, 1.165) is 53.8 Å². The summed E-state index contributed by atoms with van der Waals surface area (Å²) in [5.74, 6) is 0.296. The van der Waals surface area contributed by atoms with Crippen molar-refractivity contribution < 1.29 is 8.42 Å². The average Bonchev–Trinajstić information content (AvgIpc) is 3.14. The molecule has 0 saturated heterocycles. The lowest BCUT2D eigenvalue weighted by atomic mass is 9.82. The summed E-state index contributed by atoms with van der Waals surface area (Å²) < 4.78 is 25.8. The van der Waals surface area contributed by atoms with Crippen LogP contribution in [0.15, 0.2) is 48.8 Å². The van der Waals surface area contributed by atoms with Gasteiger partial charge < -0.3 is 0 Å². The molecule has 0 unspecified atom stereocenters. The van der Waals surface area contributed by atoms with Crippen molar-refractivity contribution in [3.63, 3.8) is 0 Å². The van der Waals surface area contributed by atoms with Crippen molar-refractivity contribution in [3.05, 3.63) is 59.5 Å². The number of rotatable bonds is 5. The van der Waals surface area contributed by atoms with Crippen LogP contribution in [0.4, 0.5) is 0 Å². The molecule has 2 heterocycles. The molecule has 6 nitrogen and oxygen atoms in total. The van der Waals surface area contributed by atoms with Crippen LogP contribution in [0, 0.1) is 0 Å². The molecule has 1 aromatic carbocycles. The maximum absolute atomic E-state index is 11.5. The van der Waals surface area contributed by atoms with E-state index in [0.29, 0.717) is 10.9 Å². The van der Waals surface area contributed by atoms with Crippen molar-refractivity contribution in [1.82, 2.24) is 19.9 Å². The molecule has 1 fully saturated rings. The lowest BCUT2D eigenvalue weighted by molar-refractivity contribution is 0.370. The lowest BCUT2D eigenvalue weighted by Gasteiger charge is -2.28. The molecule has 2 N–H and O–H groups in total. The molecule has 1 aliphatic carbocycles. The van der Waals surface area contributed by atoms with Gasteiger partial charge in [-0.05, 0) is 55.5 Å². The van der Waals surface area contributed by atoms with Crippen LogP contribution in [0.5, 0.6) is 0 Å². The van der Waals surface area contributed by atoms with Crippen molar-refractivity contribution >= 4 is 21.6 Å². The van der Waals surface area contributed by atoms with Crippen molar-refractivity contribution in [2.45, 2.75) is 37.6 Å². The van der Waals surface area contributed by atoms with Crippen molar-refractivity contribution in [1.29, 1.82) is 0 Å². The Kier molecular flexibility index (Phi) is 5.72. The number of nitrogens with zero attached hydrogens (tertiary/aromatic N) is 2. The third kappa shape index (κ3) is 4.69. The second-order valence-corrected chi connectivity index (χ2v) is 9.76. The molecule has 3 aromatic rings. The molecular weight excluding hydrogens is 408 g/mol. The minimum atomic E-state index is -3.18. The first-order chi connectivity index (χ1) is 13.9. The van der Waals surface area contributed by atoms with Gasteiger partial charge in [-0.3, -0.25) is 10.1 Å². The van der Waals surface area contributed by atoms with E-state index in [9.17, 15) is 8.42 Å². The molecule has 1 saturated carbocycles. The molecule has 0 radical (unpaired) electrons. The van der Waals surface area contributed by atoms with E-state index in [1.165, 1.54) is 6.26 Å². The fourth-order valence-corrected chi connectivity index (χ4v) is 5.05. The molecule has 152 valence electrons. The summed E-state index contributed by atoms with van der Waals surface area (Å²) in [6.45, 7) is 0. The van der Waals surface area contributed by atoms with Crippen LogP contribution < -0.4 is 4.72 Å². The molecule has 0 spiro atoms. The van der Waals surface area contributed by atoms with Crippen LogP contribution in [0.25, 0.3) is 22.4 Å². The Morgan fingerprint density at radius 2 is 1.66 bits per heavy atom. The monoisotopic (exact) mass is 430 g/mol. The molecule has 0 atom stereocenters. The van der Waals surface area contributed by atoms with Gasteiger partial charge in [0.1, 0.15) is 5.69 Å². The molecule has 1 aliphatic rings. The second-order valence-electron chi connectivity index (χ2n) is 7.54. The van der Waals surface area contributed by atoms with Crippen LogP contribution in [0.3, 0.4) is 0 Å². The zero-order chi connectivity index (χ0) is 20.4. The van der Waals surface area contributed by atoms with Gasteiger partial charge in [0.2, 0.25) is 10.0 Å². The van der Waals surface area contributed by atoms with E-state index in [1.54, 1.807) is 12.4 Å². The summed E-state index contributed by atoms with van der Waals surface area (Å²) in [5.41, 5.74) is 5.12. The average molecular weight is 431 g/mol. The van der Waals surface area contributed by atoms with E-state index in [2.05, 4.69) is 19.9 Å². The Balaban J connectivity index is 1.67. The van der Waals surface area contributed by atoms with Gasteiger partial charge in [0.15, 0.2) is 0 Å². The zero-order valence-electron chi connectivity index (χ0n) is 16.1. The van der Waals surface area contributed by atoms with Crippen LogP contribution in [0.2, 0.25) is 5.02 Å². The third-order valence-corrected chi connectivity index (χ3v) is 6.41. The Morgan fingerprint density at radius 3 is 2.28 bits per heavy atom. The molecule has 0 amide bonds. The van der Waals surface area contributed by atoms with Gasteiger partial charge in [0, 0.05) is 46.2 Å². The van der Waals surface area contributed by atoms with Gasteiger partial charge in [-0.15, -0.1) is 0 Å². The van der Waals surface area contributed by atoms with Crippen LogP contribution in [-0.4, -0.2) is 35.9 Å². The highest BCUT2D eigenvalue weighted by Crippen LogP contribution is 2.41. The number of nitrogens with one attached hydrogen (secondary N) is 2. The number of aromatic nitrogens is 3. The predicted octanol–water partition coefficient (Wildman–Crippen LogP) is 4.37. The summed E-state index contributed by atoms with van der Waals surface area (Å²) in [6, 6.07) is 11.7. The third-order valence-electron chi connectivity index (χ3n) is 5.40. The normalized spacial score (nSPS) is 19.9. The number of pyridine rings is 1. The van der Waals surface area contributed by atoms with E-state index < -0.39 is 10.0 Å². The number of halogens is 1. The number of sulfonamides is 1. The number of H-pyrrole nitrogens is 1. The Labute approximate surface area is 175 Å². The summed E-state index contributed by atoms with van der Waals surface area (Å²) in [4.78, 5) is 4.14. The van der Waals surface area contributed by atoms with E-state index >= 15 is 0 Å². The SMILES string of the molecule is CS(=O)(=O)N[C@H]1CC[C@@H](c2[nH]nc(-c3ccc(Cl)cc3)c2-c2ccncc2)CC1. The number of aromatic amines is 1. The predicted molar refractivity (Wildman–Crippen MR) is 115 cm³/mol. The topological polar surface area (TPSA) is 87.7 Å². The summed E-state index contributed by atoms with van der Waals surface area (Å²) in [7, 11) is -3.18. The standard InChI is InChI=1S/C21H23ClN4O2S/c1-29(27,28)26-18-8-4-16(5-9-18)21-19(14-10-12-23-13-11-14)20(24-25-21)15-2-6-17(22)7-3-15/h2-3,6-7,10-13,16,18,26H,4-5,8-9H2,1H3,(H,24,25)/t16-,18+. The molecular formula is C21H23ClN4O2S. The van der Waals surface area contributed by atoms with Crippen molar-refractivity contribution in [3.8, 4) is 22.4 Å². The van der Waals surface area contributed by atoms with Crippen LogP contribution >= 0.6 is 11.6 Å². The molecule has 0 bridgehead atoms. The maximum Gasteiger partial charge on any atom is 0.208 e. The minimum absolute atomic E-state index is 0.00397. The van der Waals surface area contributed by atoms with Crippen LogP contribution in [-0.2, 0) is 10.0 Å². The highest BCUT2D eigenvalue weighted by molar-refractivity contribution is 7.88. The van der Waals surface area contributed by atoms with Crippen molar-refractivity contribution in [2.75, 3.05) is 6.26 Å². The summed E-state index contributed by atoms with van der Waals surface area (Å²) in [6.07, 6.45) is 8.19. The Bertz CT molecular complexity index is 1070. The van der Waals surface area contributed by atoms with Gasteiger partial charge in [-0.1, -0.05) is 23.7 Å². The van der Waals surface area contributed by atoms with Gasteiger partial charge in [-0.2, -0.15) is 5.10 Å². The van der Waals surface area contributed by atoms with E-state index in [4.69, 9.17) is 11.6 Å². The second kappa shape index (κ2) is 8.26. The molecule has 2 aromatic heterocycles. The van der Waals surface area contributed by atoms with Gasteiger partial charge >= 0.3 is 0 Å². The molecule has 0 aliphatic heterocycles. The molecule has 4 rings (SSSR count). The summed E-state index contributed by atoms with van der Waals surface area (Å²) in [5, 5.41) is 8.61. The number of hydrogen-bond acceptors (Lipinski definition) is 4. The van der Waals surface area contributed by atoms with E-state index in [1.807, 2.05) is 36.4 Å². The minimum Gasteiger partial charge on any atom is -0.281 e. The fraction of sp³-hybridized carbons (Fsp3) is 0.333. The number of benzene rings is 1. The zero-order valence-corrected chi connectivity index (χ0v) is 17.7. The fourth-order valence-electron chi connectivity index (χ4n) is 4.08. The highest BCUT2D eigenvalue weighted by atomic mass is 35.5. The quantitative estimate of drug-likeness (QED) is 0.629. The molecule has 29 heavy (non-hydrogen) atoms. The highest BCUT2D eigenvalue weighted by Gasteiger charge is 2.29. The number of hydrogen-bond donors (Lipinski definition) is 2. The largest absolute Gasteiger partial charge is 0.281 e. The van der Waals surface area contributed by atoms with Crippen LogP contribution in [0.1, 0.15) is 37.3 Å². The molecule has 8 heteroatoms. The first-order valence-electron chi connectivity index (χ1n) is 9.62. The van der Waals surface area contributed by atoms with Gasteiger partial charge in [-0.25, -0.2) is 13.1 Å². The first-order valence-corrected chi connectivity index (χ1v) is 11.9. The lowest BCUT2D eigenvalue weighted by Crippen LogP contribution is -2.36. The van der Waals surface area contributed by atoms with Gasteiger partial charge in [0.25, 0.3) is 0 Å². The first kappa shape index (κ1) is 20.1. The Morgan fingerprint density at radius 1 is 1.00 bits per heavy atom. The van der Waals surface area contributed by atoms with Crippen molar-refractivity contribution in [2.24, 2.45) is 0 Å².